The minimum Gasteiger partial charge on any atom is -0.453 e. The number of carbonyl (C=O) groups is 2. The van der Waals surface area contributed by atoms with E-state index in [4.69, 9.17) is 19.4 Å². The van der Waals surface area contributed by atoms with Crippen LogP contribution in [0.2, 0.25) is 0 Å². The van der Waals surface area contributed by atoms with Crippen molar-refractivity contribution in [3.05, 3.63) is 53.9 Å². The molecule has 3 aromatic rings. The van der Waals surface area contributed by atoms with Crippen LogP contribution in [0.5, 0.6) is 0 Å². The number of benzene rings is 1. The van der Waals surface area contributed by atoms with Crippen LogP contribution in [-0.2, 0) is 9.47 Å². The molecule has 10 nitrogen and oxygen atoms in total. The molecule has 1 fully saturated rings. The SMILES string of the molecule is CC(C)Nc1nc([C@@H](C)OC(=O)c2ccccc2)cc2cnc(NCC3CCN(C(=O)OC(C)(C)C)CC3)nc12. The molecule has 40 heavy (non-hydrogen) atoms. The molecule has 2 aromatic heterocycles. The summed E-state index contributed by atoms with van der Waals surface area (Å²) < 4.78 is 11.2. The van der Waals surface area contributed by atoms with E-state index in [1.807, 2.05) is 46.8 Å². The van der Waals surface area contributed by atoms with E-state index in [-0.39, 0.29) is 12.1 Å². The zero-order valence-corrected chi connectivity index (χ0v) is 24.2. The zero-order valence-electron chi connectivity index (χ0n) is 24.2. The third-order valence-electron chi connectivity index (χ3n) is 6.54. The summed E-state index contributed by atoms with van der Waals surface area (Å²) in [4.78, 5) is 40.8. The van der Waals surface area contributed by atoms with E-state index in [1.54, 1.807) is 42.3 Å². The second-order valence-corrected chi connectivity index (χ2v) is 11.5. The summed E-state index contributed by atoms with van der Waals surface area (Å²) in [6.45, 7) is 13.6. The number of hydrogen-bond acceptors (Lipinski definition) is 9. The summed E-state index contributed by atoms with van der Waals surface area (Å²) in [6, 6.07) is 10.9. The Hall–Kier alpha value is -3.95. The van der Waals surface area contributed by atoms with Gasteiger partial charge in [0, 0.05) is 37.3 Å². The van der Waals surface area contributed by atoms with Gasteiger partial charge in [-0.05, 0) is 78.5 Å². The molecule has 1 atom stereocenters. The van der Waals surface area contributed by atoms with E-state index < -0.39 is 17.7 Å². The number of fused-ring (bicyclic) bond motifs is 1. The Bertz CT molecular complexity index is 1320. The van der Waals surface area contributed by atoms with E-state index >= 15 is 0 Å². The lowest BCUT2D eigenvalue weighted by Crippen LogP contribution is -2.42. The van der Waals surface area contributed by atoms with Crippen LogP contribution in [0.4, 0.5) is 16.6 Å². The van der Waals surface area contributed by atoms with Crippen LogP contribution in [-0.4, -0.2) is 63.2 Å². The van der Waals surface area contributed by atoms with Gasteiger partial charge in [-0.15, -0.1) is 0 Å². The average Bonchev–Trinajstić information content (AvgIpc) is 2.91. The molecule has 0 spiro atoms. The van der Waals surface area contributed by atoms with Crippen molar-refractivity contribution in [3.63, 3.8) is 0 Å². The highest BCUT2D eigenvalue weighted by Crippen LogP contribution is 2.27. The molecule has 0 saturated carbocycles. The lowest BCUT2D eigenvalue weighted by atomic mass is 9.97. The standard InChI is InChI=1S/C30H40N6O4/c1-19(2)33-26-25-23(16-24(34-26)20(3)39-27(37)22-10-8-7-9-11-22)18-32-28(35-25)31-17-21-12-14-36(15-13-21)29(38)40-30(4,5)6/h7-11,16,18-21H,12-15,17H2,1-6H3,(H,33,34)(H,31,32,35)/t20-/m1/s1. The van der Waals surface area contributed by atoms with Crippen molar-refractivity contribution >= 4 is 34.7 Å². The number of ether oxygens (including phenoxy) is 2. The largest absolute Gasteiger partial charge is 0.453 e. The topological polar surface area (TPSA) is 119 Å². The first kappa shape index (κ1) is 29.0. The molecule has 3 heterocycles. The van der Waals surface area contributed by atoms with Crippen molar-refractivity contribution < 1.29 is 19.1 Å². The van der Waals surface area contributed by atoms with Crippen LogP contribution in [0.3, 0.4) is 0 Å². The summed E-state index contributed by atoms with van der Waals surface area (Å²) in [6.07, 6.45) is 2.71. The summed E-state index contributed by atoms with van der Waals surface area (Å²) in [7, 11) is 0. The average molecular weight is 549 g/mol. The Morgan fingerprint density at radius 2 is 1.77 bits per heavy atom. The normalized spacial score (nSPS) is 15.1. The summed E-state index contributed by atoms with van der Waals surface area (Å²) in [5.74, 6) is 1.13. The summed E-state index contributed by atoms with van der Waals surface area (Å²) >= 11 is 0. The quantitative estimate of drug-likeness (QED) is 0.336. The minimum atomic E-state index is -0.561. The number of nitrogens with one attached hydrogen (secondary N) is 2. The molecule has 0 aliphatic carbocycles. The van der Waals surface area contributed by atoms with E-state index in [1.165, 1.54) is 0 Å². The fourth-order valence-electron chi connectivity index (χ4n) is 4.47. The van der Waals surface area contributed by atoms with E-state index in [9.17, 15) is 9.59 Å². The van der Waals surface area contributed by atoms with Crippen molar-refractivity contribution in [3.8, 4) is 0 Å². The second kappa shape index (κ2) is 12.5. The van der Waals surface area contributed by atoms with Gasteiger partial charge in [0.2, 0.25) is 5.95 Å². The number of piperidine rings is 1. The van der Waals surface area contributed by atoms with E-state index in [0.717, 1.165) is 18.2 Å². The lowest BCUT2D eigenvalue weighted by Gasteiger charge is -2.33. The molecule has 2 N–H and O–H groups in total. The number of anilines is 2. The van der Waals surface area contributed by atoms with Crippen LogP contribution in [0.25, 0.3) is 10.9 Å². The van der Waals surface area contributed by atoms with Gasteiger partial charge in [-0.1, -0.05) is 18.2 Å². The number of carbonyl (C=O) groups excluding carboxylic acids is 2. The third-order valence-corrected chi connectivity index (χ3v) is 6.54. The number of likely N-dealkylation sites (tertiary alicyclic amines) is 1. The van der Waals surface area contributed by atoms with Gasteiger partial charge in [-0.25, -0.2) is 24.5 Å². The molecule has 1 aliphatic rings. The number of nitrogens with zero attached hydrogens (tertiary/aromatic N) is 4. The Morgan fingerprint density at radius 3 is 2.42 bits per heavy atom. The van der Waals surface area contributed by atoms with Gasteiger partial charge >= 0.3 is 12.1 Å². The molecule has 4 rings (SSSR count). The smallest absolute Gasteiger partial charge is 0.410 e. The number of pyridine rings is 1. The monoisotopic (exact) mass is 548 g/mol. The van der Waals surface area contributed by atoms with Gasteiger partial charge in [-0.2, -0.15) is 0 Å². The first-order valence-corrected chi connectivity index (χ1v) is 13.9. The van der Waals surface area contributed by atoms with Gasteiger partial charge < -0.3 is 25.0 Å². The molecule has 1 aliphatic heterocycles. The maximum Gasteiger partial charge on any atom is 0.410 e. The number of aromatic nitrogens is 3. The van der Waals surface area contributed by atoms with Crippen LogP contribution in [0, 0.1) is 5.92 Å². The minimum absolute atomic E-state index is 0.120. The highest BCUT2D eigenvalue weighted by atomic mass is 16.6. The van der Waals surface area contributed by atoms with Crippen LogP contribution in [0.15, 0.2) is 42.6 Å². The third kappa shape index (κ3) is 7.80. The Labute approximate surface area is 235 Å². The molecule has 10 heteroatoms. The van der Waals surface area contributed by atoms with Crippen molar-refractivity contribution in [1.82, 2.24) is 19.9 Å². The number of esters is 1. The maximum atomic E-state index is 12.6. The predicted octanol–water partition coefficient (Wildman–Crippen LogP) is 5.82. The van der Waals surface area contributed by atoms with Crippen LogP contribution >= 0.6 is 0 Å². The first-order chi connectivity index (χ1) is 19.0. The highest BCUT2D eigenvalue weighted by molar-refractivity contribution is 5.90. The molecular weight excluding hydrogens is 508 g/mol. The number of rotatable bonds is 8. The fraction of sp³-hybridized carbons (Fsp3) is 0.500. The highest BCUT2D eigenvalue weighted by Gasteiger charge is 2.27. The molecule has 1 aromatic carbocycles. The molecule has 1 saturated heterocycles. The Morgan fingerprint density at radius 1 is 1.07 bits per heavy atom. The van der Waals surface area contributed by atoms with Gasteiger partial charge in [0.05, 0.1) is 11.3 Å². The van der Waals surface area contributed by atoms with Crippen molar-refractivity contribution in [2.45, 2.75) is 72.1 Å². The molecular formula is C30H40N6O4. The first-order valence-electron chi connectivity index (χ1n) is 13.9. The Kier molecular flexibility index (Phi) is 9.07. The molecule has 0 bridgehead atoms. The van der Waals surface area contributed by atoms with Gasteiger partial charge in [-0.3, -0.25) is 0 Å². The molecule has 0 radical (unpaired) electrons. The van der Waals surface area contributed by atoms with Gasteiger partial charge in [0.25, 0.3) is 0 Å². The number of amides is 1. The van der Waals surface area contributed by atoms with Gasteiger partial charge in [0.1, 0.15) is 17.2 Å². The maximum absolute atomic E-state index is 12.6. The molecule has 214 valence electrons. The second-order valence-electron chi connectivity index (χ2n) is 11.5. The lowest BCUT2D eigenvalue weighted by molar-refractivity contribution is 0.0187. The predicted molar refractivity (Wildman–Crippen MR) is 155 cm³/mol. The fourth-order valence-corrected chi connectivity index (χ4v) is 4.47. The van der Waals surface area contributed by atoms with Gasteiger partial charge in [0.15, 0.2) is 5.82 Å². The Balaban J connectivity index is 1.42. The van der Waals surface area contributed by atoms with E-state index in [2.05, 4.69) is 15.6 Å². The van der Waals surface area contributed by atoms with E-state index in [0.29, 0.717) is 54.1 Å². The van der Waals surface area contributed by atoms with Crippen molar-refractivity contribution in [2.24, 2.45) is 5.92 Å². The molecule has 1 amide bonds. The number of hydrogen-bond donors (Lipinski definition) is 2. The summed E-state index contributed by atoms with van der Waals surface area (Å²) in [5, 5.41) is 7.54. The van der Waals surface area contributed by atoms with Crippen molar-refractivity contribution in [1.29, 1.82) is 0 Å². The summed E-state index contributed by atoms with van der Waals surface area (Å²) in [5.41, 5.74) is 1.30. The van der Waals surface area contributed by atoms with Crippen LogP contribution < -0.4 is 10.6 Å². The van der Waals surface area contributed by atoms with Crippen LogP contribution in [0.1, 0.15) is 76.5 Å². The van der Waals surface area contributed by atoms with Crippen molar-refractivity contribution in [2.75, 3.05) is 30.3 Å². The molecule has 0 unspecified atom stereocenters. The zero-order chi connectivity index (χ0) is 28.9.